The Kier molecular flexibility index (Phi) is 6.66. The summed E-state index contributed by atoms with van der Waals surface area (Å²) >= 11 is 12.5. The molecule has 130 valence electrons. The Morgan fingerprint density at radius 2 is 1.88 bits per heavy atom. The zero-order valence-corrected chi connectivity index (χ0v) is 15.6. The van der Waals surface area contributed by atoms with Crippen molar-refractivity contribution in [3.63, 3.8) is 0 Å². The lowest BCUT2D eigenvalue weighted by Gasteiger charge is -2.15. The molecule has 0 unspecified atom stereocenters. The van der Waals surface area contributed by atoms with E-state index in [1.54, 1.807) is 25.1 Å². The van der Waals surface area contributed by atoms with E-state index in [0.29, 0.717) is 39.2 Å². The number of aromatic nitrogens is 1. The van der Waals surface area contributed by atoms with Crippen LogP contribution in [0.3, 0.4) is 0 Å². The lowest BCUT2D eigenvalue weighted by molar-refractivity contribution is -0.895. The summed E-state index contributed by atoms with van der Waals surface area (Å²) < 4.78 is 5.22. The second kappa shape index (κ2) is 8.51. The minimum atomic E-state index is -0.230. The van der Waals surface area contributed by atoms with Gasteiger partial charge in [-0.1, -0.05) is 34.4 Å². The van der Waals surface area contributed by atoms with Crippen LogP contribution in [0.4, 0.5) is 0 Å². The zero-order valence-electron chi connectivity index (χ0n) is 14.1. The molecule has 1 aromatic heterocycles. The first-order valence-corrected chi connectivity index (χ1v) is 8.77. The molecule has 0 bridgehead atoms. The highest BCUT2D eigenvalue weighted by Crippen LogP contribution is 2.36. The first kappa shape index (κ1) is 18.8. The smallest absolute Gasteiger partial charge is 0.257 e. The Labute approximate surface area is 151 Å². The van der Waals surface area contributed by atoms with Gasteiger partial charge in [0, 0.05) is 5.56 Å². The van der Waals surface area contributed by atoms with Crippen molar-refractivity contribution in [1.82, 2.24) is 10.5 Å². The fourth-order valence-corrected chi connectivity index (χ4v) is 3.16. The van der Waals surface area contributed by atoms with E-state index in [4.69, 9.17) is 27.7 Å². The molecule has 1 amide bonds. The maximum absolute atomic E-state index is 12.6. The summed E-state index contributed by atoms with van der Waals surface area (Å²) in [7, 11) is 0. The maximum atomic E-state index is 12.6. The van der Waals surface area contributed by atoms with Crippen molar-refractivity contribution >= 4 is 29.1 Å². The van der Waals surface area contributed by atoms with Crippen LogP contribution in [-0.2, 0) is 0 Å². The van der Waals surface area contributed by atoms with Crippen molar-refractivity contribution in [2.45, 2.75) is 20.8 Å². The molecule has 1 heterocycles. The summed E-state index contributed by atoms with van der Waals surface area (Å²) in [4.78, 5) is 14.0. The van der Waals surface area contributed by atoms with Crippen LogP contribution in [0.5, 0.6) is 0 Å². The second-order valence-electron chi connectivity index (χ2n) is 5.52. The first-order chi connectivity index (χ1) is 11.5. The number of benzene rings is 1. The van der Waals surface area contributed by atoms with Crippen molar-refractivity contribution < 1.29 is 14.2 Å². The average Bonchev–Trinajstić information content (AvgIpc) is 2.93. The molecule has 0 fully saturated rings. The number of likely N-dealkylation sites (N-methyl/N-ethyl adjacent to an activating group) is 1. The van der Waals surface area contributed by atoms with E-state index < -0.39 is 0 Å². The summed E-state index contributed by atoms with van der Waals surface area (Å²) in [6.07, 6.45) is 0. The molecule has 7 heteroatoms. The highest BCUT2D eigenvalue weighted by atomic mass is 35.5. The van der Waals surface area contributed by atoms with Crippen molar-refractivity contribution in [3.8, 4) is 11.3 Å². The molecule has 5 nitrogen and oxygen atoms in total. The predicted molar refractivity (Wildman–Crippen MR) is 95.9 cm³/mol. The Bertz CT molecular complexity index is 692. The number of hydrogen-bond donors (Lipinski definition) is 2. The third-order valence-electron chi connectivity index (χ3n) is 4.05. The number of carbonyl (C=O) groups excluding carboxylic acids is 1. The number of nitrogens with one attached hydrogen (secondary N) is 2. The van der Waals surface area contributed by atoms with Crippen LogP contribution >= 0.6 is 23.2 Å². The topological polar surface area (TPSA) is 59.6 Å². The Morgan fingerprint density at radius 1 is 1.25 bits per heavy atom. The second-order valence-corrected chi connectivity index (χ2v) is 6.34. The molecule has 0 radical (unpaired) electrons. The lowest BCUT2D eigenvalue weighted by Crippen LogP contribution is -3.12. The minimum Gasteiger partial charge on any atom is -0.360 e. The molecule has 2 N–H and O–H groups in total. The van der Waals surface area contributed by atoms with E-state index in [2.05, 4.69) is 24.3 Å². The number of nitrogens with zero attached hydrogens (tertiary/aromatic N) is 1. The van der Waals surface area contributed by atoms with E-state index in [0.717, 1.165) is 19.6 Å². The van der Waals surface area contributed by atoms with Crippen LogP contribution in [0.25, 0.3) is 11.3 Å². The monoisotopic (exact) mass is 370 g/mol. The van der Waals surface area contributed by atoms with E-state index in [-0.39, 0.29) is 5.91 Å². The third kappa shape index (κ3) is 4.09. The van der Waals surface area contributed by atoms with Gasteiger partial charge in [-0.25, -0.2) is 0 Å². The van der Waals surface area contributed by atoms with Crippen LogP contribution in [-0.4, -0.2) is 37.2 Å². The molecule has 2 rings (SSSR count). The van der Waals surface area contributed by atoms with Gasteiger partial charge in [0.2, 0.25) is 0 Å². The van der Waals surface area contributed by atoms with Gasteiger partial charge >= 0.3 is 0 Å². The molecular formula is C17H22Cl2N3O2+. The van der Waals surface area contributed by atoms with Crippen molar-refractivity contribution in [2.24, 2.45) is 0 Å². The van der Waals surface area contributed by atoms with Crippen LogP contribution in [0.15, 0.2) is 22.7 Å². The predicted octanol–water partition coefficient (Wildman–Crippen LogP) is 2.61. The number of rotatable bonds is 7. The lowest BCUT2D eigenvalue weighted by atomic mass is 10.1. The Hall–Kier alpha value is -1.56. The number of aryl methyl sites for hydroxylation is 1. The van der Waals surface area contributed by atoms with Gasteiger partial charge in [0.15, 0.2) is 0 Å². The molecule has 24 heavy (non-hydrogen) atoms. The summed E-state index contributed by atoms with van der Waals surface area (Å²) in [6.45, 7) is 9.45. The highest BCUT2D eigenvalue weighted by molar-refractivity contribution is 6.39. The third-order valence-corrected chi connectivity index (χ3v) is 4.68. The molecule has 0 spiro atoms. The SMILES string of the molecule is CC[NH+](CC)CCNC(=O)c1c(-c2c(Cl)cccc2Cl)noc1C. The molecule has 0 saturated carbocycles. The van der Waals surface area contributed by atoms with Gasteiger partial charge in [-0.15, -0.1) is 0 Å². The van der Waals surface area contributed by atoms with E-state index in [9.17, 15) is 4.79 Å². The Balaban J connectivity index is 2.22. The van der Waals surface area contributed by atoms with Crippen molar-refractivity contribution in [2.75, 3.05) is 26.2 Å². The van der Waals surface area contributed by atoms with Gasteiger partial charge in [-0.2, -0.15) is 0 Å². The Morgan fingerprint density at radius 3 is 2.46 bits per heavy atom. The van der Waals surface area contributed by atoms with E-state index in [1.807, 2.05) is 0 Å². The number of halogens is 2. The van der Waals surface area contributed by atoms with Gasteiger partial charge in [0.05, 0.1) is 36.2 Å². The fourth-order valence-electron chi connectivity index (χ4n) is 2.58. The van der Waals surface area contributed by atoms with Crippen LogP contribution < -0.4 is 10.2 Å². The quantitative estimate of drug-likeness (QED) is 0.787. The zero-order chi connectivity index (χ0) is 17.7. The largest absolute Gasteiger partial charge is 0.360 e. The normalized spacial score (nSPS) is 11.1. The van der Waals surface area contributed by atoms with Crippen LogP contribution in [0, 0.1) is 6.92 Å². The van der Waals surface area contributed by atoms with Crippen molar-refractivity contribution in [1.29, 1.82) is 0 Å². The summed E-state index contributed by atoms with van der Waals surface area (Å²) in [5, 5.41) is 7.78. The summed E-state index contributed by atoms with van der Waals surface area (Å²) in [6, 6.07) is 5.16. The average molecular weight is 371 g/mol. The highest BCUT2D eigenvalue weighted by Gasteiger charge is 2.24. The summed E-state index contributed by atoms with van der Waals surface area (Å²) in [5.74, 6) is 0.208. The molecular weight excluding hydrogens is 349 g/mol. The standard InChI is InChI=1S/C17H21Cl2N3O2/c1-4-22(5-2)10-9-20-17(23)14-11(3)24-21-16(14)15-12(18)7-6-8-13(15)19/h6-8H,4-5,9-10H2,1-3H3,(H,20,23)/p+1. The molecule has 0 saturated heterocycles. The first-order valence-electron chi connectivity index (χ1n) is 8.01. The van der Waals surface area contributed by atoms with E-state index in [1.165, 1.54) is 4.90 Å². The van der Waals surface area contributed by atoms with Crippen molar-refractivity contribution in [3.05, 3.63) is 39.6 Å². The van der Waals surface area contributed by atoms with Gasteiger partial charge in [0.1, 0.15) is 17.0 Å². The number of carbonyl (C=O) groups is 1. The van der Waals surface area contributed by atoms with Gasteiger partial charge < -0.3 is 14.7 Å². The van der Waals surface area contributed by atoms with Crippen LogP contribution in [0.2, 0.25) is 10.0 Å². The minimum absolute atomic E-state index is 0.230. The van der Waals surface area contributed by atoms with Gasteiger partial charge in [-0.3, -0.25) is 4.79 Å². The maximum Gasteiger partial charge on any atom is 0.257 e. The number of hydrogen-bond acceptors (Lipinski definition) is 3. The number of quaternary nitrogens is 1. The molecule has 0 aliphatic rings. The van der Waals surface area contributed by atoms with Gasteiger partial charge in [0.25, 0.3) is 5.91 Å². The molecule has 1 aromatic carbocycles. The molecule has 2 aromatic rings. The molecule has 0 aliphatic heterocycles. The van der Waals surface area contributed by atoms with Gasteiger partial charge in [-0.05, 0) is 32.9 Å². The summed E-state index contributed by atoms with van der Waals surface area (Å²) in [5.41, 5.74) is 1.26. The fraction of sp³-hybridized carbons (Fsp3) is 0.412. The molecule has 0 aliphatic carbocycles. The van der Waals surface area contributed by atoms with E-state index >= 15 is 0 Å². The van der Waals surface area contributed by atoms with Crippen LogP contribution in [0.1, 0.15) is 30.0 Å². The molecule has 0 atom stereocenters. The number of amides is 1.